The Morgan fingerprint density at radius 2 is 1.68 bits per heavy atom. The molecule has 0 bridgehead atoms. The summed E-state index contributed by atoms with van der Waals surface area (Å²) in [7, 11) is 2.97. The van der Waals surface area contributed by atoms with Gasteiger partial charge in [0.15, 0.2) is 5.75 Å². The largest absolute Gasteiger partial charge is 0.494 e. The minimum absolute atomic E-state index is 0.248. The molecule has 0 aliphatic carbocycles. The van der Waals surface area contributed by atoms with E-state index >= 15 is 0 Å². The average Bonchev–Trinajstić information content (AvgIpc) is 2.94. The molecule has 0 fully saturated rings. The zero-order chi connectivity index (χ0) is 27.1. The molecule has 0 saturated heterocycles. The molecule has 0 unspecified atom stereocenters. The monoisotopic (exact) mass is 515 g/mol. The molecule has 3 aromatic heterocycles. The molecule has 2 amide bonds. The van der Waals surface area contributed by atoms with Gasteiger partial charge in [-0.15, -0.1) is 0 Å². The van der Waals surface area contributed by atoms with Crippen molar-refractivity contribution >= 4 is 34.8 Å². The van der Waals surface area contributed by atoms with Crippen LogP contribution in [-0.2, 0) is 6.54 Å². The van der Waals surface area contributed by atoms with Crippen molar-refractivity contribution in [2.75, 3.05) is 24.8 Å². The second-order valence-electron chi connectivity index (χ2n) is 8.15. The Morgan fingerprint density at radius 3 is 2.39 bits per heavy atom. The lowest BCUT2D eigenvalue weighted by atomic mass is 10.1. The van der Waals surface area contributed by atoms with Crippen molar-refractivity contribution in [2.24, 2.45) is 0 Å². The molecule has 4 rings (SSSR count). The number of aromatic nitrogens is 3. The summed E-state index contributed by atoms with van der Waals surface area (Å²) >= 11 is 0. The summed E-state index contributed by atoms with van der Waals surface area (Å²) < 4.78 is 19.2. The first kappa shape index (κ1) is 26.0. The topological polar surface area (TPSA) is 130 Å². The number of methoxy groups -OCH3 is 1. The number of nitrogens with zero attached hydrogens (tertiary/aromatic N) is 3. The minimum Gasteiger partial charge on any atom is -0.494 e. The number of pyridine rings is 3. The summed E-state index contributed by atoms with van der Waals surface area (Å²) in [5.74, 6) is -0.1000. The van der Waals surface area contributed by atoms with E-state index in [-0.39, 0.29) is 29.7 Å². The molecule has 10 nitrogen and oxygen atoms in total. The molecule has 0 spiro atoms. The Balaban J connectivity index is 1.63. The van der Waals surface area contributed by atoms with Crippen molar-refractivity contribution in [1.29, 1.82) is 0 Å². The lowest BCUT2D eigenvalue weighted by molar-refractivity contribution is 0.0944. The van der Waals surface area contributed by atoms with Gasteiger partial charge < -0.3 is 26.0 Å². The third kappa shape index (κ3) is 6.01. The first-order valence-corrected chi connectivity index (χ1v) is 11.6. The zero-order valence-electron chi connectivity index (χ0n) is 21.0. The molecule has 0 radical (unpaired) electrons. The predicted molar refractivity (Wildman–Crippen MR) is 142 cm³/mol. The molecule has 0 saturated carbocycles. The highest BCUT2D eigenvalue weighted by molar-refractivity contribution is 6.02. The summed E-state index contributed by atoms with van der Waals surface area (Å²) in [5.41, 5.74) is 2.54. The number of hydrogen-bond acceptors (Lipinski definition) is 8. The maximum absolute atomic E-state index is 13.6. The Kier molecular flexibility index (Phi) is 8.07. The lowest BCUT2D eigenvalue weighted by Gasteiger charge is -2.17. The summed E-state index contributed by atoms with van der Waals surface area (Å²) in [6.45, 7) is 1.88. The van der Waals surface area contributed by atoms with Crippen LogP contribution in [0, 0.1) is 12.7 Å². The third-order valence-electron chi connectivity index (χ3n) is 5.57. The number of hydrogen-bond donors (Lipinski definition) is 4. The molecule has 194 valence electrons. The van der Waals surface area contributed by atoms with Crippen LogP contribution in [0.25, 0.3) is 0 Å². The molecule has 4 N–H and O–H groups in total. The van der Waals surface area contributed by atoms with Crippen molar-refractivity contribution in [3.8, 4) is 5.75 Å². The number of carbonyl (C=O) groups is 2. The van der Waals surface area contributed by atoms with Gasteiger partial charge in [-0.05, 0) is 42.8 Å². The average molecular weight is 516 g/mol. The van der Waals surface area contributed by atoms with E-state index in [1.165, 1.54) is 20.4 Å². The highest BCUT2D eigenvalue weighted by atomic mass is 19.1. The van der Waals surface area contributed by atoms with Gasteiger partial charge in [0.1, 0.15) is 17.5 Å². The SMILES string of the molecule is CNC(=O)c1cnc(Nc2cc(C)c(F)cn2)cc1Nc1cccc(C(=O)NCc2ccccn2)c1OC. The van der Waals surface area contributed by atoms with Crippen molar-refractivity contribution < 1.29 is 18.7 Å². The number of anilines is 4. The predicted octanol–water partition coefficient (Wildman–Crippen LogP) is 4.10. The number of para-hydroxylation sites is 1. The summed E-state index contributed by atoms with van der Waals surface area (Å²) in [4.78, 5) is 38.1. The fourth-order valence-electron chi connectivity index (χ4n) is 3.63. The molecular formula is C27H26FN7O3. The number of rotatable bonds is 9. The van der Waals surface area contributed by atoms with E-state index in [9.17, 15) is 14.0 Å². The van der Waals surface area contributed by atoms with Gasteiger partial charge in [0.25, 0.3) is 11.8 Å². The van der Waals surface area contributed by atoms with E-state index in [0.717, 1.165) is 6.20 Å². The highest BCUT2D eigenvalue weighted by Gasteiger charge is 2.19. The van der Waals surface area contributed by atoms with E-state index in [1.54, 1.807) is 49.5 Å². The molecule has 11 heteroatoms. The van der Waals surface area contributed by atoms with Gasteiger partial charge in [-0.1, -0.05) is 12.1 Å². The smallest absolute Gasteiger partial charge is 0.255 e. The van der Waals surface area contributed by atoms with Crippen LogP contribution in [-0.4, -0.2) is 40.9 Å². The summed E-state index contributed by atoms with van der Waals surface area (Å²) in [5, 5.41) is 11.6. The van der Waals surface area contributed by atoms with Crippen LogP contribution in [0.4, 0.5) is 27.4 Å². The standard InChI is InChI=1S/C27H26FN7O3/c1-16-11-23(32-15-20(16)28)35-24-12-22(19(14-31-24)26(36)29-2)34-21-9-6-8-18(25(21)38-3)27(37)33-13-17-7-4-5-10-30-17/h4-12,14-15H,13H2,1-3H3,(H,29,36)(H,33,37)(H2,31,32,34,35). The summed E-state index contributed by atoms with van der Waals surface area (Å²) in [6.07, 6.45) is 4.17. The van der Waals surface area contributed by atoms with Crippen molar-refractivity contribution in [3.05, 3.63) is 95.3 Å². The van der Waals surface area contributed by atoms with E-state index < -0.39 is 5.82 Å². The number of carbonyl (C=O) groups excluding carboxylic acids is 2. The number of ether oxygens (including phenoxy) is 1. The fraction of sp³-hybridized carbons (Fsp3) is 0.148. The highest BCUT2D eigenvalue weighted by Crippen LogP contribution is 2.33. The van der Waals surface area contributed by atoms with Crippen LogP contribution >= 0.6 is 0 Å². The number of benzene rings is 1. The number of amides is 2. The molecule has 38 heavy (non-hydrogen) atoms. The van der Waals surface area contributed by atoms with Gasteiger partial charge in [-0.3, -0.25) is 14.6 Å². The van der Waals surface area contributed by atoms with Crippen molar-refractivity contribution in [2.45, 2.75) is 13.5 Å². The van der Waals surface area contributed by atoms with Crippen LogP contribution in [0.1, 0.15) is 32.0 Å². The molecule has 4 aromatic rings. The molecule has 3 heterocycles. The second-order valence-corrected chi connectivity index (χ2v) is 8.15. The Labute approximate surface area is 218 Å². The van der Waals surface area contributed by atoms with Gasteiger partial charge in [-0.2, -0.15) is 0 Å². The van der Waals surface area contributed by atoms with Crippen LogP contribution in [0.2, 0.25) is 0 Å². The Bertz CT molecular complexity index is 1460. The molecule has 0 aliphatic rings. The van der Waals surface area contributed by atoms with E-state index in [0.29, 0.717) is 39.8 Å². The lowest BCUT2D eigenvalue weighted by Crippen LogP contribution is -2.24. The van der Waals surface area contributed by atoms with Gasteiger partial charge in [0.05, 0.1) is 48.0 Å². The quantitative estimate of drug-likeness (QED) is 0.262. The second kappa shape index (κ2) is 11.8. The molecule has 0 aliphatic heterocycles. The summed E-state index contributed by atoms with van der Waals surface area (Å²) in [6, 6.07) is 13.7. The van der Waals surface area contributed by atoms with E-state index in [1.807, 2.05) is 12.1 Å². The van der Waals surface area contributed by atoms with Gasteiger partial charge >= 0.3 is 0 Å². The maximum atomic E-state index is 13.6. The number of aryl methyl sites for hydroxylation is 1. The van der Waals surface area contributed by atoms with E-state index in [2.05, 4.69) is 36.2 Å². The Hall–Kier alpha value is -5.06. The van der Waals surface area contributed by atoms with Gasteiger partial charge in [0, 0.05) is 25.5 Å². The van der Waals surface area contributed by atoms with E-state index in [4.69, 9.17) is 4.74 Å². The fourth-order valence-corrected chi connectivity index (χ4v) is 3.63. The third-order valence-corrected chi connectivity index (χ3v) is 5.57. The molecule has 0 atom stereocenters. The number of halogens is 1. The first-order chi connectivity index (χ1) is 18.4. The number of nitrogens with one attached hydrogen (secondary N) is 4. The first-order valence-electron chi connectivity index (χ1n) is 11.6. The van der Waals surface area contributed by atoms with Crippen LogP contribution < -0.4 is 26.0 Å². The van der Waals surface area contributed by atoms with Crippen molar-refractivity contribution in [1.82, 2.24) is 25.6 Å². The normalized spacial score (nSPS) is 10.4. The van der Waals surface area contributed by atoms with Crippen LogP contribution in [0.5, 0.6) is 5.75 Å². The van der Waals surface area contributed by atoms with Gasteiger partial charge in [-0.25, -0.2) is 14.4 Å². The Morgan fingerprint density at radius 1 is 0.895 bits per heavy atom. The minimum atomic E-state index is -0.420. The van der Waals surface area contributed by atoms with Crippen LogP contribution in [0.3, 0.4) is 0 Å². The van der Waals surface area contributed by atoms with Crippen LogP contribution in [0.15, 0.2) is 67.1 Å². The van der Waals surface area contributed by atoms with Crippen molar-refractivity contribution in [3.63, 3.8) is 0 Å². The maximum Gasteiger partial charge on any atom is 0.255 e. The molecular weight excluding hydrogens is 489 g/mol. The van der Waals surface area contributed by atoms with Gasteiger partial charge in [0.2, 0.25) is 0 Å². The molecule has 1 aromatic carbocycles. The zero-order valence-corrected chi connectivity index (χ0v) is 21.0.